The van der Waals surface area contributed by atoms with Crippen molar-refractivity contribution in [3.63, 3.8) is 0 Å². The Morgan fingerprint density at radius 2 is 1.60 bits per heavy atom. The van der Waals surface area contributed by atoms with Crippen LogP contribution in [0.2, 0.25) is 0 Å². The zero-order valence-corrected chi connectivity index (χ0v) is 14.3. The van der Waals surface area contributed by atoms with Gasteiger partial charge in [0.25, 0.3) is 0 Å². The van der Waals surface area contributed by atoms with E-state index in [-0.39, 0.29) is 11.1 Å². The van der Waals surface area contributed by atoms with Gasteiger partial charge in [-0.25, -0.2) is 17.6 Å². The Hall–Kier alpha value is -1.84. The molecule has 0 aliphatic heterocycles. The molecule has 0 fully saturated rings. The second-order valence-corrected chi connectivity index (χ2v) is 6.96. The van der Waals surface area contributed by atoms with Crippen LogP contribution in [0.3, 0.4) is 0 Å². The van der Waals surface area contributed by atoms with Crippen LogP contribution in [0.5, 0.6) is 0 Å². The zero-order chi connectivity index (χ0) is 18.0. The smallest absolute Gasteiger partial charge is 0.194 e. The van der Waals surface area contributed by atoms with Crippen LogP contribution in [-0.2, 0) is 12.8 Å². The van der Waals surface area contributed by atoms with E-state index in [0.29, 0.717) is 5.92 Å². The summed E-state index contributed by atoms with van der Waals surface area (Å²) < 4.78 is 54.6. The molecule has 0 saturated carbocycles. The molecule has 2 aromatic carbocycles. The number of aryl methyl sites for hydroxylation is 1. The van der Waals surface area contributed by atoms with E-state index >= 15 is 0 Å². The molecule has 1 atom stereocenters. The average molecular weight is 350 g/mol. The van der Waals surface area contributed by atoms with Crippen molar-refractivity contribution in [3.8, 4) is 11.1 Å². The maximum atomic E-state index is 14.5. The van der Waals surface area contributed by atoms with Gasteiger partial charge in [-0.15, -0.1) is 0 Å². The predicted octanol–water partition coefficient (Wildman–Crippen LogP) is 6.60. The van der Waals surface area contributed by atoms with Crippen LogP contribution in [0.4, 0.5) is 17.6 Å². The molecule has 2 aromatic rings. The van der Waals surface area contributed by atoms with E-state index in [1.54, 1.807) is 6.07 Å². The maximum absolute atomic E-state index is 14.5. The van der Waals surface area contributed by atoms with Gasteiger partial charge in [0.15, 0.2) is 17.5 Å². The molecular weight excluding hydrogens is 328 g/mol. The number of benzene rings is 2. The number of unbranched alkanes of at least 4 members (excludes halogenated alkanes) is 2. The Bertz CT molecular complexity index is 744. The molecule has 3 rings (SSSR count). The number of hydrogen-bond donors (Lipinski definition) is 0. The van der Waals surface area contributed by atoms with Gasteiger partial charge in [0.05, 0.1) is 0 Å². The predicted molar refractivity (Wildman–Crippen MR) is 91.4 cm³/mol. The van der Waals surface area contributed by atoms with Gasteiger partial charge in [0.1, 0.15) is 5.82 Å². The van der Waals surface area contributed by atoms with Crippen LogP contribution in [0.1, 0.15) is 50.2 Å². The number of halogens is 4. The first-order valence-corrected chi connectivity index (χ1v) is 8.95. The highest BCUT2D eigenvalue weighted by Crippen LogP contribution is 2.34. The fourth-order valence-corrected chi connectivity index (χ4v) is 3.72. The van der Waals surface area contributed by atoms with Crippen molar-refractivity contribution >= 4 is 0 Å². The van der Waals surface area contributed by atoms with Crippen LogP contribution >= 0.6 is 0 Å². The highest BCUT2D eigenvalue weighted by atomic mass is 19.2. The minimum atomic E-state index is -1.53. The highest BCUT2D eigenvalue weighted by molar-refractivity contribution is 5.66. The van der Waals surface area contributed by atoms with E-state index in [0.717, 1.165) is 48.9 Å². The quantitative estimate of drug-likeness (QED) is 0.324. The Morgan fingerprint density at radius 1 is 0.880 bits per heavy atom. The van der Waals surface area contributed by atoms with Gasteiger partial charge in [-0.2, -0.15) is 0 Å². The molecule has 0 radical (unpaired) electrons. The first-order chi connectivity index (χ1) is 12.0. The SMILES string of the molecule is CCCCCC1CCc2cc(-c3cc(F)c(F)c(F)c3)c(F)cc2C1. The number of rotatable bonds is 5. The van der Waals surface area contributed by atoms with Crippen LogP contribution in [0, 0.1) is 29.2 Å². The highest BCUT2D eigenvalue weighted by Gasteiger charge is 2.22. The van der Waals surface area contributed by atoms with E-state index in [9.17, 15) is 17.6 Å². The molecule has 0 bridgehead atoms. The average Bonchev–Trinajstić information content (AvgIpc) is 2.59. The lowest BCUT2D eigenvalue weighted by atomic mass is 9.80. The molecule has 0 N–H and O–H groups in total. The topological polar surface area (TPSA) is 0 Å². The fourth-order valence-electron chi connectivity index (χ4n) is 3.72. The lowest BCUT2D eigenvalue weighted by molar-refractivity contribution is 0.407. The second kappa shape index (κ2) is 7.59. The lowest BCUT2D eigenvalue weighted by Crippen LogP contribution is -2.15. The van der Waals surface area contributed by atoms with Gasteiger partial charge < -0.3 is 0 Å². The summed E-state index contributed by atoms with van der Waals surface area (Å²) >= 11 is 0. The van der Waals surface area contributed by atoms with Crippen molar-refractivity contribution < 1.29 is 17.6 Å². The van der Waals surface area contributed by atoms with E-state index < -0.39 is 23.3 Å². The first-order valence-electron chi connectivity index (χ1n) is 8.95. The molecular formula is C21H22F4. The van der Waals surface area contributed by atoms with Crippen LogP contribution in [0.15, 0.2) is 24.3 Å². The Kier molecular flexibility index (Phi) is 5.45. The molecule has 1 aliphatic rings. The van der Waals surface area contributed by atoms with Crippen LogP contribution in [0.25, 0.3) is 11.1 Å². The molecule has 0 aromatic heterocycles. The fraction of sp³-hybridized carbons (Fsp3) is 0.429. The Balaban J connectivity index is 1.86. The summed E-state index contributed by atoms with van der Waals surface area (Å²) in [5, 5.41) is 0. The number of fused-ring (bicyclic) bond motifs is 1. The van der Waals surface area contributed by atoms with E-state index in [4.69, 9.17) is 0 Å². The molecule has 0 heterocycles. The number of hydrogen-bond acceptors (Lipinski definition) is 0. The third-order valence-corrected chi connectivity index (χ3v) is 5.13. The monoisotopic (exact) mass is 350 g/mol. The van der Waals surface area contributed by atoms with Crippen LogP contribution in [-0.4, -0.2) is 0 Å². The summed E-state index contributed by atoms with van der Waals surface area (Å²) in [6.07, 6.45) is 7.50. The summed E-state index contributed by atoms with van der Waals surface area (Å²) in [6, 6.07) is 4.84. The summed E-state index contributed by atoms with van der Waals surface area (Å²) in [4.78, 5) is 0. The van der Waals surface area contributed by atoms with E-state index in [2.05, 4.69) is 6.92 Å². The van der Waals surface area contributed by atoms with Gasteiger partial charge in [0, 0.05) is 5.56 Å². The van der Waals surface area contributed by atoms with Gasteiger partial charge >= 0.3 is 0 Å². The van der Waals surface area contributed by atoms with E-state index in [1.165, 1.54) is 25.3 Å². The summed E-state index contributed by atoms with van der Waals surface area (Å²) in [5.41, 5.74) is 2.16. The van der Waals surface area contributed by atoms with Gasteiger partial charge in [-0.1, -0.05) is 32.6 Å². The Labute approximate surface area is 145 Å². The molecule has 25 heavy (non-hydrogen) atoms. The second-order valence-electron chi connectivity index (χ2n) is 6.96. The van der Waals surface area contributed by atoms with Gasteiger partial charge in [-0.3, -0.25) is 0 Å². The minimum absolute atomic E-state index is 0.0294. The molecule has 0 saturated heterocycles. The van der Waals surface area contributed by atoms with Crippen LogP contribution < -0.4 is 0 Å². The van der Waals surface area contributed by atoms with Crippen molar-refractivity contribution in [2.75, 3.05) is 0 Å². The summed E-state index contributed by atoms with van der Waals surface area (Å²) in [6.45, 7) is 2.17. The molecule has 134 valence electrons. The van der Waals surface area contributed by atoms with Crippen molar-refractivity contribution in [2.24, 2.45) is 5.92 Å². The van der Waals surface area contributed by atoms with Crippen molar-refractivity contribution in [2.45, 2.75) is 51.9 Å². The molecule has 0 amide bonds. The molecule has 1 aliphatic carbocycles. The molecule has 4 heteroatoms. The standard InChI is InChI=1S/C21H22F4/c1-2-3-4-5-13-6-7-14-9-17(18(22)10-15(14)8-13)16-11-19(23)21(25)20(24)12-16/h9-13H,2-8H2,1H3. The van der Waals surface area contributed by atoms with Crippen molar-refractivity contribution in [3.05, 3.63) is 58.7 Å². The normalized spacial score (nSPS) is 16.8. The molecule has 0 nitrogen and oxygen atoms in total. The minimum Gasteiger partial charge on any atom is -0.206 e. The van der Waals surface area contributed by atoms with Gasteiger partial charge in [0.2, 0.25) is 0 Å². The maximum Gasteiger partial charge on any atom is 0.194 e. The first kappa shape index (κ1) is 18.0. The summed E-state index contributed by atoms with van der Waals surface area (Å²) in [7, 11) is 0. The zero-order valence-electron chi connectivity index (χ0n) is 14.3. The van der Waals surface area contributed by atoms with Crippen molar-refractivity contribution in [1.29, 1.82) is 0 Å². The summed E-state index contributed by atoms with van der Waals surface area (Å²) in [5.74, 6) is -4.08. The third-order valence-electron chi connectivity index (χ3n) is 5.13. The van der Waals surface area contributed by atoms with Crippen molar-refractivity contribution in [1.82, 2.24) is 0 Å². The lowest BCUT2D eigenvalue weighted by Gasteiger charge is -2.25. The molecule has 1 unspecified atom stereocenters. The van der Waals surface area contributed by atoms with E-state index in [1.807, 2.05) is 0 Å². The van der Waals surface area contributed by atoms with Gasteiger partial charge in [-0.05, 0) is 66.1 Å². The largest absolute Gasteiger partial charge is 0.206 e. The third kappa shape index (κ3) is 3.88. The molecule has 0 spiro atoms. The Morgan fingerprint density at radius 3 is 2.28 bits per heavy atom.